The second-order valence-electron chi connectivity index (χ2n) is 4.22. The lowest BCUT2D eigenvalue weighted by Crippen LogP contribution is -2.19. The zero-order valence-corrected chi connectivity index (χ0v) is 12.4. The minimum absolute atomic E-state index is 0.347. The Balaban J connectivity index is 2.60. The largest absolute Gasteiger partial charge is 0.492 e. The van der Waals surface area contributed by atoms with Gasteiger partial charge in [-0.05, 0) is 37.3 Å². The Labute approximate surface area is 115 Å². The molecule has 0 fully saturated rings. The van der Waals surface area contributed by atoms with Crippen LogP contribution in [0.3, 0.4) is 0 Å². The first-order chi connectivity index (χ1) is 8.81. The molecule has 0 aliphatic heterocycles. The highest BCUT2D eigenvalue weighted by molar-refractivity contribution is 7.99. The molecule has 1 atom stereocenters. The summed E-state index contributed by atoms with van der Waals surface area (Å²) in [7, 11) is 2.00. The monoisotopic (exact) mass is 268 g/mol. The lowest BCUT2D eigenvalue weighted by atomic mass is 10.1. The van der Waals surface area contributed by atoms with E-state index in [0.717, 1.165) is 24.5 Å². The molecule has 1 heterocycles. The Hall–Kier alpha value is -0.740. The molecule has 1 aromatic heterocycles. The van der Waals surface area contributed by atoms with Gasteiger partial charge in [0.25, 0.3) is 0 Å². The number of ether oxygens (including phenoxy) is 1. The molecule has 0 aliphatic carbocycles. The lowest BCUT2D eigenvalue weighted by Gasteiger charge is -2.16. The number of thioether (sulfide) groups is 1. The molecule has 1 unspecified atom stereocenters. The summed E-state index contributed by atoms with van der Waals surface area (Å²) in [6.07, 6.45) is 5.95. The molecule has 0 amide bonds. The molecule has 3 nitrogen and oxygen atoms in total. The minimum atomic E-state index is 0.347. The van der Waals surface area contributed by atoms with Gasteiger partial charge in [0, 0.05) is 18.0 Å². The van der Waals surface area contributed by atoms with Crippen molar-refractivity contribution in [1.29, 1.82) is 0 Å². The highest BCUT2D eigenvalue weighted by atomic mass is 32.2. The second-order valence-corrected chi connectivity index (χ2v) is 5.37. The van der Waals surface area contributed by atoms with E-state index in [4.69, 9.17) is 4.74 Å². The van der Waals surface area contributed by atoms with E-state index in [1.807, 2.05) is 25.0 Å². The van der Waals surface area contributed by atoms with Gasteiger partial charge in [-0.2, -0.15) is 11.8 Å². The molecule has 0 saturated heterocycles. The zero-order valence-electron chi connectivity index (χ0n) is 11.6. The molecule has 0 saturated carbocycles. The van der Waals surface area contributed by atoms with Crippen LogP contribution in [0.5, 0.6) is 5.75 Å². The van der Waals surface area contributed by atoms with Crippen molar-refractivity contribution in [2.24, 2.45) is 0 Å². The fraction of sp³-hybridized carbons (Fsp3) is 0.643. The van der Waals surface area contributed by atoms with Crippen LogP contribution < -0.4 is 10.1 Å². The van der Waals surface area contributed by atoms with Gasteiger partial charge in [-0.3, -0.25) is 4.98 Å². The molecule has 1 rings (SSSR count). The SMILES string of the molecule is CCCOc1cncc(C(CSCCC)NC)c1. The Bertz CT molecular complexity index is 333. The van der Waals surface area contributed by atoms with Crippen molar-refractivity contribution in [3.05, 3.63) is 24.0 Å². The van der Waals surface area contributed by atoms with Crippen molar-refractivity contribution in [1.82, 2.24) is 10.3 Å². The molecule has 4 heteroatoms. The van der Waals surface area contributed by atoms with E-state index in [-0.39, 0.29) is 0 Å². The Kier molecular flexibility index (Phi) is 7.85. The van der Waals surface area contributed by atoms with E-state index in [0.29, 0.717) is 6.04 Å². The van der Waals surface area contributed by atoms with E-state index < -0.39 is 0 Å². The average Bonchev–Trinajstić information content (AvgIpc) is 2.42. The molecule has 102 valence electrons. The van der Waals surface area contributed by atoms with Crippen molar-refractivity contribution in [2.45, 2.75) is 32.7 Å². The molecule has 0 aromatic carbocycles. The van der Waals surface area contributed by atoms with E-state index in [2.05, 4.69) is 30.2 Å². The first kappa shape index (κ1) is 15.3. The number of rotatable bonds is 9. The molecule has 1 aromatic rings. The van der Waals surface area contributed by atoms with Gasteiger partial charge in [-0.25, -0.2) is 0 Å². The van der Waals surface area contributed by atoms with Crippen molar-refractivity contribution >= 4 is 11.8 Å². The van der Waals surface area contributed by atoms with Crippen molar-refractivity contribution in [2.75, 3.05) is 25.2 Å². The Morgan fingerprint density at radius 2 is 2.17 bits per heavy atom. The third-order valence-corrected chi connectivity index (χ3v) is 3.86. The van der Waals surface area contributed by atoms with E-state index in [9.17, 15) is 0 Å². The van der Waals surface area contributed by atoms with Gasteiger partial charge >= 0.3 is 0 Å². The number of nitrogens with zero attached hydrogens (tertiary/aromatic N) is 1. The number of hydrogen-bond acceptors (Lipinski definition) is 4. The summed E-state index contributed by atoms with van der Waals surface area (Å²) in [5.41, 5.74) is 1.20. The highest BCUT2D eigenvalue weighted by Gasteiger charge is 2.10. The summed E-state index contributed by atoms with van der Waals surface area (Å²) in [6, 6.07) is 2.44. The van der Waals surface area contributed by atoms with E-state index in [1.165, 1.54) is 17.7 Å². The maximum absolute atomic E-state index is 5.62. The van der Waals surface area contributed by atoms with Crippen LogP contribution in [0.1, 0.15) is 38.3 Å². The molecular formula is C14H24N2OS. The number of aromatic nitrogens is 1. The van der Waals surface area contributed by atoms with Crippen LogP contribution >= 0.6 is 11.8 Å². The second kappa shape index (κ2) is 9.22. The molecule has 0 radical (unpaired) electrons. The molecule has 0 spiro atoms. The van der Waals surface area contributed by atoms with E-state index in [1.54, 1.807) is 6.20 Å². The Morgan fingerprint density at radius 3 is 2.83 bits per heavy atom. The smallest absolute Gasteiger partial charge is 0.137 e. The van der Waals surface area contributed by atoms with Crippen molar-refractivity contribution in [3.8, 4) is 5.75 Å². The predicted molar refractivity (Wildman–Crippen MR) is 79.4 cm³/mol. The van der Waals surface area contributed by atoms with Gasteiger partial charge in [0.05, 0.1) is 12.8 Å². The maximum atomic E-state index is 5.62. The lowest BCUT2D eigenvalue weighted by molar-refractivity contribution is 0.315. The summed E-state index contributed by atoms with van der Waals surface area (Å²) in [5.74, 6) is 3.15. The van der Waals surface area contributed by atoms with Crippen LogP contribution in [-0.4, -0.2) is 30.1 Å². The predicted octanol–water partition coefficient (Wildman–Crippen LogP) is 3.27. The average molecular weight is 268 g/mol. The zero-order chi connectivity index (χ0) is 13.2. The van der Waals surface area contributed by atoms with Gasteiger partial charge in [0.15, 0.2) is 0 Å². The fourth-order valence-corrected chi connectivity index (χ4v) is 2.67. The molecule has 0 bridgehead atoms. The van der Waals surface area contributed by atoms with Crippen molar-refractivity contribution < 1.29 is 4.74 Å². The van der Waals surface area contributed by atoms with Crippen LogP contribution in [0.4, 0.5) is 0 Å². The summed E-state index contributed by atoms with van der Waals surface area (Å²) in [6.45, 7) is 5.07. The third kappa shape index (κ3) is 5.27. The van der Waals surface area contributed by atoms with Gasteiger partial charge in [0.1, 0.15) is 5.75 Å². The van der Waals surface area contributed by atoms with Gasteiger partial charge < -0.3 is 10.1 Å². The van der Waals surface area contributed by atoms with Gasteiger partial charge in [-0.15, -0.1) is 0 Å². The maximum Gasteiger partial charge on any atom is 0.137 e. The molecule has 1 N–H and O–H groups in total. The summed E-state index contributed by atoms with van der Waals surface area (Å²) < 4.78 is 5.62. The number of hydrogen-bond donors (Lipinski definition) is 1. The van der Waals surface area contributed by atoms with Crippen LogP contribution in [0, 0.1) is 0 Å². The third-order valence-electron chi connectivity index (χ3n) is 2.59. The summed E-state index contributed by atoms with van der Waals surface area (Å²) in [4.78, 5) is 4.26. The summed E-state index contributed by atoms with van der Waals surface area (Å²) in [5, 5.41) is 3.34. The van der Waals surface area contributed by atoms with Gasteiger partial charge in [0.2, 0.25) is 0 Å². The first-order valence-corrected chi connectivity index (χ1v) is 7.80. The normalized spacial score (nSPS) is 12.4. The van der Waals surface area contributed by atoms with Crippen molar-refractivity contribution in [3.63, 3.8) is 0 Å². The molecule has 0 aliphatic rings. The first-order valence-electron chi connectivity index (χ1n) is 6.64. The fourth-order valence-electron chi connectivity index (χ4n) is 1.62. The van der Waals surface area contributed by atoms with Crippen LogP contribution in [0.2, 0.25) is 0 Å². The van der Waals surface area contributed by atoms with Crippen LogP contribution in [0.25, 0.3) is 0 Å². The van der Waals surface area contributed by atoms with Gasteiger partial charge in [-0.1, -0.05) is 13.8 Å². The minimum Gasteiger partial charge on any atom is -0.492 e. The van der Waals surface area contributed by atoms with Crippen LogP contribution in [0.15, 0.2) is 18.5 Å². The highest BCUT2D eigenvalue weighted by Crippen LogP contribution is 2.21. The standard InChI is InChI=1S/C14H24N2OS/c1-4-6-17-13-8-12(9-16-10-13)14(15-3)11-18-7-5-2/h8-10,14-15H,4-7,11H2,1-3H3. The Morgan fingerprint density at radius 1 is 1.33 bits per heavy atom. The van der Waals surface area contributed by atoms with E-state index >= 15 is 0 Å². The number of nitrogens with one attached hydrogen (secondary N) is 1. The molecular weight excluding hydrogens is 244 g/mol. The quantitative estimate of drug-likeness (QED) is 0.697. The molecule has 18 heavy (non-hydrogen) atoms. The summed E-state index contributed by atoms with van der Waals surface area (Å²) >= 11 is 1.97. The van der Waals surface area contributed by atoms with Crippen LogP contribution in [-0.2, 0) is 0 Å². The topological polar surface area (TPSA) is 34.1 Å². The number of pyridine rings is 1.